The minimum Gasteiger partial charge on any atom is -0.452 e. The van der Waals surface area contributed by atoms with E-state index in [4.69, 9.17) is 4.74 Å². The van der Waals surface area contributed by atoms with Crippen LogP contribution in [0.4, 0.5) is 18.0 Å². The number of hydrogen-bond donors (Lipinski definition) is 2. The Morgan fingerprint density at radius 2 is 1.80 bits per heavy atom. The lowest BCUT2D eigenvalue weighted by Gasteiger charge is -2.14. The Labute approximate surface area is 142 Å². The fraction of sp³-hybridized carbons (Fsp3) is 0.438. The Hall–Kier alpha value is -2.58. The molecule has 0 saturated heterocycles. The van der Waals surface area contributed by atoms with Crippen molar-refractivity contribution in [2.45, 2.75) is 45.5 Å². The molecule has 1 unspecified atom stereocenters. The number of esters is 1. The minimum atomic E-state index is -4.52. The van der Waals surface area contributed by atoms with E-state index in [9.17, 15) is 27.6 Å². The molecule has 0 fully saturated rings. The van der Waals surface area contributed by atoms with Gasteiger partial charge in [0.15, 0.2) is 6.10 Å². The summed E-state index contributed by atoms with van der Waals surface area (Å²) in [6.45, 7) is 4.65. The Kier molecular flexibility index (Phi) is 6.96. The second-order valence-corrected chi connectivity index (χ2v) is 5.62. The van der Waals surface area contributed by atoms with Gasteiger partial charge in [-0.1, -0.05) is 18.2 Å². The molecule has 1 aromatic rings. The van der Waals surface area contributed by atoms with Crippen LogP contribution >= 0.6 is 0 Å². The van der Waals surface area contributed by atoms with Crippen LogP contribution in [0.25, 0.3) is 0 Å². The summed E-state index contributed by atoms with van der Waals surface area (Å²) in [5, 5.41) is 4.42. The standard InChI is InChI=1S/C16H19F3N2O4/c1-9(2)20-15(24)21-14(23)10(3)25-13(22)8-11-5-4-6-12(7-11)16(17,18)19/h4-7,9-10H,8H2,1-3H3,(H2,20,21,23,24). The molecule has 0 saturated carbocycles. The highest BCUT2D eigenvalue weighted by Gasteiger charge is 2.30. The monoisotopic (exact) mass is 360 g/mol. The Balaban J connectivity index is 2.59. The molecular weight excluding hydrogens is 341 g/mol. The van der Waals surface area contributed by atoms with Crippen LogP contribution in [-0.4, -0.2) is 30.1 Å². The molecule has 9 heteroatoms. The van der Waals surface area contributed by atoms with Gasteiger partial charge >= 0.3 is 18.2 Å². The normalized spacial score (nSPS) is 12.4. The van der Waals surface area contributed by atoms with E-state index in [1.54, 1.807) is 13.8 Å². The molecule has 25 heavy (non-hydrogen) atoms. The number of amides is 3. The summed E-state index contributed by atoms with van der Waals surface area (Å²) < 4.78 is 42.7. The van der Waals surface area contributed by atoms with Crippen molar-refractivity contribution in [3.63, 3.8) is 0 Å². The van der Waals surface area contributed by atoms with Gasteiger partial charge in [-0.15, -0.1) is 0 Å². The van der Waals surface area contributed by atoms with Crippen molar-refractivity contribution >= 4 is 17.9 Å². The Bertz CT molecular complexity index is 645. The number of imide groups is 1. The molecule has 0 spiro atoms. The molecule has 0 heterocycles. The average molecular weight is 360 g/mol. The van der Waals surface area contributed by atoms with Gasteiger partial charge in [0.1, 0.15) is 0 Å². The van der Waals surface area contributed by atoms with Gasteiger partial charge in [0.05, 0.1) is 12.0 Å². The summed E-state index contributed by atoms with van der Waals surface area (Å²) in [4.78, 5) is 34.9. The third-order valence-corrected chi connectivity index (χ3v) is 2.94. The van der Waals surface area contributed by atoms with Crippen molar-refractivity contribution in [1.29, 1.82) is 0 Å². The van der Waals surface area contributed by atoms with Gasteiger partial charge in [-0.25, -0.2) is 4.79 Å². The van der Waals surface area contributed by atoms with Crippen LogP contribution in [0.5, 0.6) is 0 Å². The zero-order chi connectivity index (χ0) is 19.2. The van der Waals surface area contributed by atoms with Crippen molar-refractivity contribution in [2.24, 2.45) is 0 Å². The van der Waals surface area contributed by atoms with E-state index in [0.29, 0.717) is 0 Å². The number of carbonyl (C=O) groups excluding carboxylic acids is 3. The van der Waals surface area contributed by atoms with Gasteiger partial charge in [0.2, 0.25) is 0 Å². The third-order valence-electron chi connectivity index (χ3n) is 2.94. The van der Waals surface area contributed by atoms with Crippen molar-refractivity contribution in [1.82, 2.24) is 10.6 Å². The first-order valence-corrected chi connectivity index (χ1v) is 7.46. The SMILES string of the molecule is CC(C)NC(=O)NC(=O)C(C)OC(=O)Cc1cccc(C(F)(F)F)c1. The Morgan fingerprint density at radius 1 is 1.16 bits per heavy atom. The quantitative estimate of drug-likeness (QED) is 0.790. The predicted octanol–water partition coefficient (Wildman–Crippen LogP) is 2.41. The average Bonchev–Trinajstić information content (AvgIpc) is 2.45. The summed E-state index contributed by atoms with van der Waals surface area (Å²) in [5.41, 5.74) is -0.779. The fourth-order valence-corrected chi connectivity index (χ4v) is 1.83. The van der Waals surface area contributed by atoms with Crippen LogP contribution < -0.4 is 10.6 Å². The number of nitrogens with one attached hydrogen (secondary N) is 2. The van der Waals surface area contributed by atoms with Crippen LogP contribution in [0.3, 0.4) is 0 Å². The summed E-state index contributed by atoms with van der Waals surface area (Å²) in [5.74, 6) is -1.72. The molecule has 0 aliphatic heterocycles. The van der Waals surface area contributed by atoms with E-state index in [1.165, 1.54) is 19.1 Å². The molecule has 0 bridgehead atoms. The van der Waals surface area contributed by atoms with E-state index < -0.39 is 42.2 Å². The van der Waals surface area contributed by atoms with Crippen LogP contribution in [0.1, 0.15) is 31.9 Å². The van der Waals surface area contributed by atoms with Crippen molar-refractivity contribution < 1.29 is 32.3 Å². The van der Waals surface area contributed by atoms with Crippen LogP contribution in [-0.2, 0) is 26.9 Å². The number of rotatable bonds is 5. The van der Waals surface area contributed by atoms with Crippen LogP contribution in [0.15, 0.2) is 24.3 Å². The smallest absolute Gasteiger partial charge is 0.416 e. The summed E-state index contributed by atoms with van der Waals surface area (Å²) in [7, 11) is 0. The highest BCUT2D eigenvalue weighted by atomic mass is 19.4. The van der Waals surface area contributed by atoms with Gasteiger partial charge in [0, 0.05) is 6.04 Å². The van der Waals surface area contributed by atoms with E-state index in [-0.39, 0.29) is 11.6 Å². The molecule has 0 radical (unpaired) electrons. The number of hydrogen-bond acceptors (Lipinski definition) is 4. The molecule has 1 rings (SSSR count). The van der Waals surface area contributed by atoms with E-state index in [1.807, 2.05) is 5.32 Å². The maximum atomic E-state index is 12.6. The van der Waals surface area contributed by atoms with E-state index in [2.05, 4.69) is 5.32 Å². The summed E-state index contributed by atoms with van der Waals surface area (Å²) in [6, 6.07) is 3.32. The van der Waals surface area contributed by atoms with Crippen molar-refractivity contribution in [3.8, 4) is 0 Å². The largest absolute Gasteiger partial charge is 0.452 e. The second-order valence-electron chi connectivity index (χ2n) is 5.62. The van der Waals surface area contributed by atoms with Gasteiger partial charge in [-0.3, -0.25) is 14.9 Å². The minimum absolute atomic E-state index is 0.102. The predicted molar refractivity (Wildman–Crippen MR) is 82.5 cm³/mol. The highest BCUT2D eigenvalue weighted by molar-refractivity contribution is 5.97. The topological polar surface area (TPSA) is 84.5 Å². The maximum absolute atomic E-state index is 12.6. The van der Waals surface area contributed by atoms with Crippen molar-refractivity contribution in [3.05, 3.63) is 35.4 Å². The number of carbonyl (C=O) groups is 3. The highest BCUT2D eigenvalue weighted by Crippen LogP contribution is 2.29. The van der Waals surface area contributed by atoms with Gasteiger partial charge in [0.25, 0.3) is 5.91 Å². The van der Waals surface area contributed by atoms with Crippen molar-refractivity contribution in [2.75, 3.05) is 0 Å². The molecular formula is C16H19F3N2O4. The lowest BCUT2D eigenvalue weighted by molar-refractivity contribution is -0.153. The van der Waals surface area contributed by atoms with Crippen LogP contribution in [0.2, 0.25) is 0 Å². The molecule has 0 aromatic heterocycles. The first-order valence-electron chi connectivity index (χ1n) is 7.46. The van der Waals surface area contributed by atoms with E-state index in [0.717, 1.165) is 12.1 Å². The first-order chi connectivity index (χ1) is 11.5. The molecule has 1 atom stereocenters. The molecule has 2 N–H and O–H groups in total. The fourth-order valence-electron chi connectivity index (χ4n) is 1.83. The molecule has 6 nitrogen and oxygen atoms in total. The zero-order valence-corrected chi connectivity index (χ0v) is 13.9. The van der Waals surface area contributed by atoms with Gasteiger partial charge in [-0.2, -0.15) is 13.2 Å². The van der Waals surface area contributed by atoms with E-state index >= 15 is 0 Å². The van der Waals surface area contributed by atoms with Gasteiger partial charge in [-0.05, 0) is 32.4 Å². The first kappa shape index (κ1) is 20.5. The zero-order valence-electron chi connectivity index (χ0n) is 13.9. The summed E-state index contributed by atoms with van der Waals surface area (Å²) in [6.07, 6.45) is -6.22. The molecule has 3 amide bonds. The third kappa shape index (κ3) is 7.23. The number of halogens is 3. The lowest BCUT2D eigenvalue weighted by Crippen LogP contribution is -2.46. The summed E-state index contributed by atoms with van der Waals surface area (Å²) >= 11 is 0. The molecule has 0 aliphatic carbocycles. The molecule has 1 aromatic carbocycles. The number of urea groups is 1. The number of ether oxygens (including phenoxy) is 1. The number of alkyl halides is 3. The maximum Gasteiger partial charge on any atom is 0.416 e. The Morgan fingerprint density at radius 3 is 2.36 bits per heavy atom. The van der Waals surface area contributed by atoms with Gasteiger partial charge < -0.3 is 10.1 Å². The van der Waals surface area contributed by atoms with Crippen LogP contribution in [0, 0.1) is 0 Å². The second kappa shape index (κ2) is 8.50. The molecule has 0 aliphatic rings. The molecule has 138 valence electrons. The lowest BCUT2D eigenvalue weighted by atomic mass is 10.1. The number of benzene rings is 1.